The van der Waals surface area contributed by atoms with Gasteiger partial charge in [0.1, 0.15) is 6.54 Å². The minimum Gasteiger partial charge on any atom is -0.478 e. The van der Waals surface area contributed by atoms with Gasteiger partial charge in [-0.3, -0.25) is 4.79 Å². The van der Waals surface area contributed by atoms with Crippen LogP contribution in [-0.2, 0) is 25.3 Å². The third-order valence-electron chi connectivity index (χ3n) is 2.60. The molecule has 0 heterocycles. The molecular formula is C12H15NO6S. The Balaban J connectivity index is 2.80. The molecule has 0 amide bonds. The largest absolute Gasteiger partial charge is 0.478 e. The molecule has 0 aliphatic carbocycles. The SMILES string of the molecule is COC(=O)CN(C)S(=O)(=O)Cc1ccc(C(=O)O)cc1. The summed E-state index contributed by atoms with van der Waals surface area (Å²) in [4.78, 5) is 21.7. The molecule has 1 aromatic rings. The molecule has 0 aliphatic heterocycles. The van der Waals surface area contributed by atoms with Crippen molar-refractivity contribution in [2.75, 3.05) is 20.7 Å². The fraction of sp³-hybridized carbons (Fsp3) is 0.333. The molecule has 0 aliphatic rings. The first-order chi connectivity index (χ1) is 9.26. The van der Waals surface area contributed by atoms with Gasteiger partial charge in [-0.05, 0) is 17.7 Å². The zero-order valence-corrected chi connectivity index (χ0v) is 11.9. The van der Waals surface area contributed by atoms with Crippen molar-refractivity contribution >= 4 is 22.0 Å². The molecule has 0 atom stereocenters. The highest BCUT2D eigenvalue weighted by atomic mass is 32.2. The number of carboxylic acids is 1. The number of hydrogen-bond donors (Lipinski definition) is 1. The Kier molecular flexibility index (Phi) is 5.23. The zero-order valence-electron chi connectivity index (χ0n) is 11.1. The van der Waals surface area contributed by atoms with E-state index < -0.39 is 22.0 Å². The highest BCUT2D eigenvalue weighted by molar-refractivity contribution is 7.88. The molecule has 0 spiro atoms. The minimum atomic E-state index is -3.67. The monoisotopic (exact) mass is 301 g/mol. The van der Waals surface area contributed by atoms with Gasteiger partial charge in [0.2, 0.25) is 10.0 Å². The Morgan fingerprint density at radius 2 is 1.80 bits per heavy atom. The number of aromatic carboxylic acids is 1. The van der Waals surface area contributed by atoms with E-state index in [9.17, 15) is 18.0 Å². The highest BCUT2D eigenvalue weighted by Gasteiger charge is 2.21. The molecule has 0 radical (unpaired) electrons. The number of carbonyl (C=O) groups excluding carboxylic acids is 1. The molecule has 1 N–H and O–H groups in total. The fourth-order valence-corrected chi connectivity index (χ4v) is 2.55. The summed E-state index contributed by atoms with van der Waals surface area (Å²) in [6.07, 6.45) is 0. The molecule has 0 saturated carbocycles. The first-order valence-electron chi connectivity index (χ1n) is 5.59. The number of methoxy groups -OCH3 is 1. The molecule has 110 valence electrons. The van der Waals surface area contributed by atoms with E-state index in [-0.39, 0.29) is 17.9 Å². The fourth-order valence-electron chi connectivity index (χ4n) is 1.41. The highest BCUT2D eigenvalue weighted by Crippen LogP contribution is 2.11. The van der Waals surface area contributed by atoms with Crippen molar-refractivity contribution in [3.8, 4) is 0 Å². The topological polar surface area (TPSA) is 101 Å². The van der Waals surface area contributed by atoms with Crippen molar-refractivity contribution in [3.63, 3.8) is 0 Å². The summed E-state index contributed by atoms with van der Waals surface area (Å²) < 4.78 is 29.2. The molecule has 20 heavy (non-hydrogen) atoms. The van der Waals surface area contributed by atoms with Crippen LogP contribution in [0.25, 0.3) is 0 Å². The van der Waals surface area contributed by atoms with E-state index in [2.05, 4.69) is 4.74 Å². The van der Waals surface area contributed by atoms with Gasteiger partial charge in [-0.2, -0.15) is 4.31 Å². The number of hydrogen-bond acceptors (Lipinski definition) is 5. The number of likely N-dealkylation sites (N-methyl/N-ethyl adjacent to an activating group) is 1. The van der Waals surface area contributed by atoms with Gasteiger partial charge in [0.25, 0.3) is 0 Å². The molecular weight excluding hydrogens is 286 g/mol. The van der Waals surface area contributed by atoms with E-state index in [0.29, 0.717) is 5.56 Å². The lowest BCUT2D eigenvalue weighted by molar-refractivity contribution is -0.140. The second-order valence-corrected chi connectivity index (χ2v) is 6.17. The predicted octanol–water partition coefficient (Wildman–Crippen LogP) is 0.319. The van der Waals surface area contributed by atoms with Crippen molar-refractivity contribution < 1.29 is 27.9 Å². The van der Waals surface area contributed by atoms with Crippen molar-refractivity contribution in [2.24, 2.45) is 0 Å². The summed E-state index contributed by atoms with van der Waals surface area (Å²) in [5.74, 6) is -2.06. The summed E-state index contributed by atoms with van der Waals surface area (Å²) in [6.45, 7) is -0.369. The maximum atomic E-state index is 12.0. The van der Waals surface area contributed by atoms with Crippen molar-refractivity contribution in [1.29, 1.82) is 0 Å². The van der Waals surface area contributed by atoms with E-state index in [1.807, 2.05) is 0 Å². The lowest BCUT2D eigenvalue weighted by Gasteiger charge is -2.15. The summed E-state index contributed by atoms with van der Waals surface area (Å²) in [6, 6.07) is 5.50. The van der Waals surface area contributed by atoms with Crippen LogP contribution in [0.5, 0.6) is 0 Å². The van der Waals surface area contributed by atoms with Crippen LogP contribution in [0.4, 0.5) is 0 Å². The van der Waals surface area contributed by atoms with Crippen LogP contribution < -0.4 is 0 Å². The quantitative estimate of drug-likeness (QED) is 0.759. The zero-order chi connectivity index (χ0) is 15.3. The molecule has 7 nitrogen and oxygen atoms in total. The van der Waals surface area contributed by atoms with Crippen molar-refractivity contribution in [3.05, 3.63) is 35.4 Å². The Hall–Kier alpha value is -1.93. The Morgan fingerprint density at radius 1 is 1.25 bits per heavy atom. The lowest BCUT2D eigenvalue weighted by Crippen LogP contribution is -2.33. The Labute approximate surface area is 116 Å². The van der Waals surface area contributed by atoms with E-state index in [1.54, 1.807) is 0 Å². The summed E-state index contributed by atoms with van der Waals surface area (Å²) in [5.41, 5.74) is 0.515. The van der Waals surface area contributed by atoms with Gasteiger partial charge in [0.05, 0.1) is 18.4 Å². The van der Waals surface area contributed by atoms with Crippen LogP contribution in [-0.4, -0.2) is 50.5 Å². The molecule has 0 bridgehead atoms. The third kappa shape index (κ3) is 4.32. The number of carbonyl (C=O) groups is 2. The number of sulfonamides is 1. The van der Waals surface area contributed by atoms with Crippen molar-refractivity contribution in [1.82, 2.24) is 4.31 Å². The average molecular weight is 301 g/mol. The first-order valence-corrected chi connectivity index (χ1v) is 7.20. The van der Waals surface area contributed by atoms with E-state index in [4.69, 9.17) is 5.11 Å². The number of ether oxygens (including phenoxy) is 1. The summed E-state index contributed by atoms with van der Waals surface area (Å²) in [5, 5.41) is 8.74. The smallest absolute Gasteiger partial charge is 0.335 e. The molecule has 1 aromatic carbocycles. The van der Waals surface area contributed by atoms with Gasteiger partial charge in [-0.1, -0.05) is 12.1 Å². The maximum Gasteiger partial charge on any atom is 0.335 e. The average Bonchev–Trinajstić information content (AvgIpc) is 2.38. The second-order valence-electron chi connectivity index (χ2n) is 4.09. The van der Waals surface area contributed by atoms with Crippen LogP contribution in [0.15, 0.2) is 24.3 Å². The number of benzene rings is 1. The number of carboxylic acid groups (broad SMARTS) is 1. The number of esters is 1. The van der Waals surface area contributed by atoms with Gasteiger partial charge in [-0.25, -0.2) is 13.2 Å². The van der Waals surface area contributed by atoms with Crippen LogP contribution in [0, 0.1) is 0 Å². The van der Waals surface area contributed by atoms with Crippen LogP contribution in [0.3, 0.4) is 0 Å². The van der Waals surface area contributed by atoms with Gasteiger partial charge in [0, 0.05) is 7.05 Å². The summed E-state index contributed by atoms with van der Waals surface area (Å²) >= 11 is 0. The molecule has 1 rings (SSSR count). The van der Waals surface area contributed by atoms with Crippen molar-refractivity contribution in [2.45, 2.75) is 5.75 Å². The van der Waals surface area contributed by atoms with Crippen LogP contribution in [0.2, 0.25) is 0 Å². The predicted molar refractivity (Wildman–Crippen MR) is 70.7 cm³/mol. The van der Waals surface area contributed by atoms with Gasteiger partial charge in [-0.15, -0.1) is 0 Å². The van der Waals surface area contributed by atoms with Crippen LogP contribution in [0.1, 0.15) is 15.9 Å². The molecule has 0 fully saturated rings. The van der Waals surface area contributed by atoms with E-state index >= 15 is 0 Å². The maximum absolute atomic E-state index is 12.0. The Bertz CT molecular complexity index is 593. The van der Waals surface area contributed by atoms with E-state index in [0.717, 1.165) is 4.31 Å². The lowest BCUT2D eigenvalue weighted by atomic mass is 10.1. The normalized spacial score (nSPS) is 11.3. The second kappa shape index (κ2) is 6.49. The molecule has 0 aromatic heterocycles. The summed E-state index contributed by atoms with van der Waals surface area (Å²) in [7, 11) is -1.22. The van der Waals surface area contributed by atoms with Gasteiger partial charge in [0.15, 0.2) is 0 Å². The van der Waals surface area contributed by atoms with Crippen LogP contribution >= 0.6 is 0 Å². The Morgan fingerprint density at radius 3 is 2.25 bits per heavy atom. The van der Waals surface area contributed by atoms with Gasteiger partial charge >= 0.3 is 11.9 Å². The molecule has 8 heteroatoms. The molecule has 0 saturated heterocycles. The van der Waals surface area contributed by atoms with Gasteiger partial charge < -0.3 is 9.84 Å². The third-order valence-corrected chi connectivity index (χ3v) is 4.38. The number of nitrogens with zero attached hydrogens (tertiary/aromatic N) is 1. The van der Waals surface area contributed by atoms with E-state index in [1.165, 1.54) is 38.4 Å². The molecule has 0 unspecified atom stereocenters. The minimum absolute atomic E-state index is 0.0778. The number of rotatable bonds is 6. The first kappa shape index (κ1) is 16.1. The standard InChI is InChI=1S/C12H15NO6S/c1-13(7-11(14)19-2)20(17,18)8-9-3-5-10(6-4-9)12(15)16/h3-6H,7-8H2,1-2H3,(H,15,16).